The normalized spacial score (nSPS) is 10.8. The number of aromatic nitrogens is 2. The van der Waals surface area contributed by atoms with Crippen molar-refractivity contribution in [1.82, 2.24) is 9.55 Å². The Hall–Kier alpha value is -4.23. The van der Waals surface area contributed by atoms with E-state index in [9.17, 15) is 0 Å². The minimum absolute atomic E-state index is 0.484. The second-order valence-corrected chi connectivity index (χ2v) is 15.7. The first kappa shape index (κ1) is 32.2. The summed E-state index contributed by atoms with van der Waals surface area (Å²) < 4.78 is 2.22. The molecule has 2 nitrogen and oxygen atoms in total. The van der Waals surface area contributed by atoms with Crippen LogP contribution in [0.3, 0.4) is 0 Å². The summed E-state index contributed by atoms with van der Waals surface area (Å²) in [5.74, 6) is 0. The van der Waals surface area contributed by atoms with Crippen LogP contribution in [0, 0.1) is 0 Å². The molecular formula is C39H37BN2S2Si. The van der Waals surface area contributed by atoms with Crippen LogP contribution in [-0.4, -0.2) is 35.1 Å². The van der Waals surface area contributed by atoms with Crippen LogP contribution in [0.1, 0.15) is 11.1 Å². The Morgan fingerprint density at radius 1 is 0.600 bits per heavy atom. The smallest absolute Gasteiger partial charge is 0.206 e. The topological polar surface area (TPSA) is 17.8 Å². The molecule has 0 spiro atoms. The third kappa shape index (κ3) is 8.09. The van der Waals surface area contributed by atoms with E-state index in [4.69, 9.17) is 24.4 Å². The first-order chi connectivity index (χ1) is 22.1. The predicted molar refractivity (Wildman–Crippen MR) is 205 cm³/mol. The van der Waals surface area contributed by atoms with E-state index in [2.05, 4.69) is 162 Å². The lowest BCUT2D eigenvalue weighted by Gasteiger charge is -2.34. The monoisotopic (exact) mass is 636 g/mol. The molecule has 45 heavy (non-hydrogen) atoms. The molecule has 0 saturated heterocycles. The molecule has 222 valence electrons. The fraction of sp³-hybridized carbons (Fsp3) is 0.103. The molecule has 5 aromatic carbocycles. The molecule has 0 atom stereocenters. The van der Waals surface area contributed by atoms with E-state index in [1.807, 2.05) is 12.5 Å². The Labute approximate surface area is 279 Å². The van der Waals surface area contributed by atoms with Crippen molar-refractivity contribution < 1.29 is 0 Å². The van der Waals surface area contributed by atoms with Gasteiger partial charge in [-0.15, -0.1) is 0 Å². The summed E-state index contributed by atoms with van der Waals surface area (Å²) in [6, 6.07) is 50.2. The van der Waals surface area contributed by atoms with Crippen molar-refractivity contribution in [3.8, 4) is 0 Å². The number of imidazole rings is 1. The third-order valence-electron chi connectivity index (χ3n) is 8.38. The van der Waals surface area contributed by atoms with Crippen molar-refractivity contribution in [3.63, 3.8) is 0 Å². The Morgan fingerprint density at radius 2 is 1.02 bits per heavy atom. The maximum Gasteiger partial charge on any atom is 0.206 e. The van der Waals surface area contributed by atoms with Crippen LogP contribution < -0.4 is 26.5 Å². The zero-order chi connectivity index (χ0) is 31.3. The fourth-order valence-electron chi connectivity index (χ4n) is 5.87. The van der Waals surface area contributed by atoms with Crippen molar-refractivity contribution in [2.75, 3.05) is 0 Å². The first-order valence-corrected chi connectivity index (χ1v) is 18.5. The number of rotatable bonds is 11. The van der Waals surface area contributed by atoms with Crippen molar-refractivity contribution >= 4 is 76.4 Å². The van der Waals surface area contributed by atoms with E-state index < -0.39 is 8.07 Å². The number of thiocarbonyl (C=S) groups is 2. The summed E-state index contributed by atoms with van der Waals surface area (Å²) >= 11 is 10.1. The van der Waals surface area contributed by atoms with Crippen LogP contribution in [0.25, 0.3) is 0 Å². The summed E-state index contributed by atoms with van der Waals surface area (Å²) in [7, 11) is -2.37. The minimum atomic E-state index is -2.37. The average Bonchev–Trinajstić information content (AvgIpc) is 3.63. The molecule has 1 heterocycles. The maximum atomic E-state index is 5.07. The molecule has 0 unspecified atom stereocenters. The zero-order valence-corrected chi connectivity index (χ0v) is 28.2. The van der Waals surface area contributed by atoms with E-state index in [0.717, 1.165) is 19.0 Å². The summed E-state index contributed by atoms with van der Waals surface area (Å²) in [4.78, 5) is 4.32. The second kappa shape index (κ2) is 16.2. The van der Waals surface area contributed by atoms with E-state index >= 15 is 0 Å². The van der Waals surface area contributed by atoms with Crippen LogP contribution in [0.5, 0.6) is 0 Å². The highest BCUT2D eigenvalue weighted by molar-refractivity contribution is 7.79. The molecule has 0 fully saturated rings. The highest BCUT2D eigenvalue weighted by Gasteiger charge is 2.39. The van der Waals surface area contributed by atoms with E-state index in [1.54, 1.807) is 10.7 Å². The predicted octanol–water partition coefficient (Wildman–Crippen LogP) is 5.60. The van der Waals surface area contributed by atoms with Gasteiger partial charge in [0.1, 0.15) is 0 Å². The van der Waals surface area contributed by atoms with Gasteiger partial charge in [-0.1, -0.05) is 182 Å². The Morgan fingerprint density at radius 3 is 1.42 bits per heavy atom. The zero-order valence-electron chi connectivity index (χ0n) is 25.6. The largest absolute Gasteiger partial charge is 0.339 e. The quantitative estimate of drug-likeness (QED) is 0.105. The molecule has 0 aliphatic carbocycles. The first-order valence-electron chi connectivity index (χ1n) is 15.3. The fourth-order valence-corrected chi connectivity index (χ4v) is 10.8. The third-order valence-corrected chi connectivity index (χ3v) is 13.5. The molecule has 6 aromatic rings. The van der Waals surface area contributed by atoms with Gasteiger partial charge in [-0.25, -0.2) is 4.98 Å². The van der Waals surface area contributed by atoms with Gasteiger partial charge in [0, 0.05) is 31.4 Å². The van der Waals surface area contributed by atoms with Gasteiger partial charge in [-0.2, -0.15) is 0 Å². The second-order valence-electron chi connectivity index (χ2n) is 11.2. The van der Waals surface area contributed by atoms with Gasteiger partial charge in [0.05, 0.1) is 6.33 Å². The average molecular weight is 637 g/mol. The molecule has 0 bridgehead atoms. The summed E-state index contributed by atoms with van der Waals surface area (Å²) in [5, 5.41) is 7.72. The molecule has 1 aromatic heterocycles. The van der Waals surface area contributed by atoms with Crippen LogP contribution in [0.2, 0.25) is 6.82 Å². The lowest BCUT2D eigenvalue weighted by atomic mass is 9.43. The van der Waals surface area contributed by atoms with Gasteiger partial charge < -0.3 is 4.57 Å². The van der Waals surface area contributed by atoms with Crippen LogP contribution in [0.4, 0.5) is 0 Å². The Balaban J connectivity index is 0.000000238. The molecule has 0 amide bonds. The Kier molecular flexibility index (Phi) is 11.6. The summed E-state index contributed by atoms with van der Waals surface area (Å²) in [6.45, 7) is 2.72. The molecule has 6 rings (SSSR count). The van der Waals surface area contributed by atoms with Crippen LogP contribution >= 0.6 is 24.4 Å². The molecule has 0 saturated carbocycles. The van der Waals surface area contributed by atoms with Gasteiger partial charge in [0.15, 0.2) is 8.07 Å². The van der Waals surface area contributed by atoms with Crippen molar-refractivity contribution in [1.29, 1.82) is 0 Å². The van der Waals surface area contributed by atoms with Gasteiger partial charge >= 0.3 is 0 Å². The number of hydrogen-bond donors (Lipinski definition) is 0. The minimum Gasteiger partial charge on any atom is -0.339 e. The van der Waals surface area contributed by atoms with Gasteiger partial charge in [0.2, 0.25) is 6.71 Å². The van der Waals surface area contributed by atoms with Crippen molar-refractivity contribution in [2.45, 2.75) is 25.8 Å². The molecule has 0 N–H and O–H groups in total. The van der Waals surface area contributed by atoms with Crippen molar-refractivity contribution in [2.24, 2.45) is 0 Å². The highest BCUT2D eigenvalue weighted by atomic mass is 32.1. The van der Waals surface area contributed by atoms with Crippen LogP contribution in [0.15, 0.2) is 158 Å². The van der Waals surface area contributed by atoms with Gasteiger partial charge in [0.25, 0.3) is 0 Å². The van der Waals surface area contributed by atoms with E-state index in [-0.39, 0.29) is 0 Å². The number of benzene rings is 5. The Bertz CT molecular complexity index is 1650. The summed E-state index contributed by atoms with van der Waals surface area (Å²) in [5.41, 5.74) is 5.24. The van der Waals surface area contributed by atoms with Gasteiger partial charge in [-0.3, -0.25) is 0 Å². The van der Waals surface area contributed by atoms with E-state index in [0.29, 0.717) is 6.71 Å². The maximum absolute atomic E-state index is 5.07. The van der Waals surface area contributed by atoms with Crippen LogP contribution in [-0.2, 0) is 19.0 Å². The van der Waals surface area contributed by atoms with Gasteiger partial charge in [-0.05, 0) is 37.4 Å². The number of hydrogen-bond acceptors (Lipinski definition) is 3. The number of nitrogens with zero attached hydrogens (tertiary/aromatic N) is 2. The molecule has 6 heteroatoms. The van der Waals surface area contributed by atoms with E-state index in [1.165, 1.54) is 37.6 Å². The molecule has 0 radical (unpaired) electrons. The molecular weight excluding hydrogens is 599 g/mol. The SMILES string of the molecule is CB(c1ccccc1)c1ccccc1.S=CCc1ccc([Si](Cn2ccnc2)(c2ccccc2)c2ccc(CC=S)cc2)cc1. The van der Waals surface area contributed by atoms with Crippen molar-refractivity contribution in [3.05, 3.63) is 169 Å². The standard InChI is InChI=1S/C26H24N2S2Si.C13H13B/c29-18-14-22-6-10-25(11-7-22)31(21-28-17-16-27-20-28,24-4-2-1-3-5-24)26-12-8-23(9-13-26)15-19-30;1-14(12-8-4-2-5-9-12)13-10-6-3-7-11-13/h1-13,16-20H,14-15,21H2;2-11H,1H3. The molecule has 0 aliphatic rings. The lowest BCUT2D eigenvalue weighted by molar-refractivity contribution is 0.862. The lowest BCUT2D eigenvalue weighted by Crippen LogP contribution is -2.69. The highest BCUT2D eigenvalue weighted by Crippen LogP contribution is 2.13. The molecule has 0 aliphatic heterocycles. The summed E-state index contributed by atoms with van der Waals surface area (Å²) in [6.07, 6.45) is 8.34.